The number of carbonyl (C=O) groups is 1. The molecule has 1 saturated heterocycles. The van der Waals surface area contributed by atoms with Gasteiger partial charge < -0.3 is 9.80 Å². The fraction of sp³-hybridized carbons (Fsp3) is 0.476. The molecule has 0 spiro atoms. The summed E-state index contributed by atoms with van der Waals surface area (Å²) in [6.45, 7) is 7.22. The van der Waals surface area contributed by atoms with Crippen LogP contribution in [0.2, 0.25) is 0 Å². The molecule has 1 atom stereocenters. The number of aryl methyl sites for hydroxylation is 2. The number of hydrogen-bond acceptors (Lipinski definition) is 4. The van der Waals surface area contributed by atoms with Crippen molar-refractivity contribution in [2.24, 2.45) is 5.92 Å². The monoisotopic (exact) mass is 350 g/mol. The third-order valence-electron chi connectivity index (χ3n) is 5.49. The summed E-state index contributed by atoms with van der Waals surface area (Å²) in [6, 6.07) is 10.5. The Bertz CT molecular complexity index is 799. The SMILES string of the molecule is Cc1cc(N2CCCC(C(=O)N3CCc4ccccc4C3)C2)nc(C)n1. The van der Waals surface area contributed by atoms with Gasteiger partial charge in [0.15, 0.2) is 0 Å². The molecular weight excluding hydrogens is 324 g/mol. The normalized spacial score (nSPS) is 20.0. The predicted octanol–water partition coefficient (Wildman–Crippen LogP) is 2.89. The van der Waals surface area contributed by atoms with Gasteiger partial charge in [-0.3, -0.25) is 4.79 Å². The van der Waals surface area contributed by atoms with Crippen LogP contribution in [0.3, 0.4) is 0 Å². The first-order chi connectivity index (χ1) is 12.6. The molecule has 136 valence electrons. The molecule has 2 aromatic rings. The molecule has 0 saturated carbocycles. The number of nitrogens with zero attached hydrogens (tertiary/aromatic N) is 4. The van der Waals surface area contributed by atoms with Crippen molar-refractivity contribution in [2.75, 3.05) is 24.5 Å². The van der Waals surface area contributed by atoms with Gasteiger partial charge in [0.2, 0.25) is 5.91 Å². The van der Waals surface area contributed by atoms with Gasteiger partial charge in [-0.25, -0.2) is 9.97 Å². The molecule has 1 fully saturated rings. The molecule has 2 aliphatic rings. The number of rotatable bonds is 2. The van der Waals surface area contributed by atoms with Crippen molar-refractivity contribution in [1.82, 2.24) is 14.9 Å². The van der Waals surface area contributed by atoms with Gasteiger partial charge >= 0.3 is 0 Å². The number of carbonyl (C=O) groups excluding carboxylic acids is 1. The van der Waals surface area contributed by atoms with E-state index in [9.17, 15) is 4.79 Å². The Morgan fingerprint density at radius 1 is 1.12 bits per heavy atom. The number of fused-ring (bicyclic) bond motifs is 1. The van der Waals surface area contributed by atoms with Gasteiger partial charge in [-0.1, -0.05) is 24.3 Å². The van der Waals surface area contributed by atoms with E-state index in [2.05, 4.69) is 39.1 Å². The smallest absolute Gasteiger partial charge is 0.227 e. The molecule has 1 aromatic heterocycles. The summed E-state index contributed by atoms with van der Waals surface area (Å²) in [5, 5.41) is 0. The highest BCUT2D eigenvalue weighted by Crippen LogP contribution is 2.26. The minimum absolute atomic E-state index is 0.0598. The summed E-state index contributed by atoms with van der Waals surface area (Å²) in [6.07, 6.45) is 2.96. The molecule has 0 aliphatic carbocycles. The zero-order valence-corrected chi connectivity index (χ0v) is 15.6. The van der Waals surface area contributed by atoms with Crippen molar-refractivity contribution in [1.29, 1.82) is 0 Å². The number of piperidine rings is 1. The van der Waals surface area contributed by atoms with E-state index >= 15 is 0 Å². The zero-order valence-electron chi connectivity index (χ0n) is 15.6. The molecule has 26 heavy (non-hydrogen) atoms. The van der Waals surface area contributed by atoms with E-state index in [4.69, 9.17) is 0 Å². The van der Waals surface area contributed by atoms with Crippen molar-refractivity contribution in [3.8, 4) is 0 Å². The lowest BCUT2D eigenvalue weighted by Crippen LogP contribution is -2.46. The second-order valence-electron chi connectivity index (χ2n) is 7.48. The lowest BCUT2D eigenvalue weighted by Gasteiger charge is -2.37. The molecule has 0 radical (unpaired) electrons. The number of anilines is 1. The molecule has 0 bridgehead atoms. The molecule has 5 heteroatoms. The Kier molecular flexibility index (Phi) is 4.62. The molecule has 0 N–H and O–H groups in total. The molecular formula is C21H26N4O. The summed E-state index contributed by atoms with van der Waals surface area (Å²) in [7, 11) is 0. The van der Waals surface area contributed by atoms with Crippen LogP contribution in [0.1, 0.15) is 35.5 Å². The standard InChI is InChI=1S/C21H26N4O/c1-15-12-20(23-16(2)22-15)24-10-5-8-19(14-24)21(26)25-11-9-17-6-3-4-7-18(17)13-25/h3-4,6-7,12,19H,5,8-11,13-14H2,1-2H3. The minimum Gasteiger partial charge on any atom is -0.356 e. The number of aromatic nitrogens is 2. The molecule has 1 unspecified atom stereocenters. The average molecular weight is 350 g/mol. The van der Waals surface area contributed by atoms with Crippen molar-refractivity contribution in [3.63, 3.8) is 0 Å². The topological polar surface area (TPSA) is 49.3 Å². The highest BCUT2D eigenvalue weighted by atomic mass is 16.2. The van der Waals surface area contributed by atoms with E-state index in [0.717, 1.165) is 62.8 Å². The Morgan fingerprint density at radius 3 is 2.73 bits per heavy atom. The van der Waals surface area contributed by atoms with Crippen LogP contribution in [0.15, 0.2) is 30.3 Å². The fourth-order valence-electron chi connectivity index (χ4n) is 4.19. The number of benzene rings is 1. The van der Waals surface area contributed by atoms with Gasteiger partial charge in [0, 0.05) is 37.9 Å². The van der Waals surface area contributed by atoms with Crippen LogP contribution in [0.25, 0.3) is 0 Å². The number of hydrogen-bond donors (Lipinski definition) is 0. The minimum atomic E-state index is 0.0598. The van der Waals surface area contributed by atoms with Crippen LogP contribution < -0.4 is 4.90 Å². The van der Waals surface area contributed by atoms with Crippen molar-refractivity contribution in [2.45, 2.75) is 39.7 Å². The highest BCUT2D eigenvalue weighted by molar-refractivity contribution is 5.80. The summed E-state index contributed by atoms with van der Waals surface area (Å²) in [4.78, 5) is 26.4. The van der Waals surface area contributed by atoms with Crippen LogP contribution in [-0.2, 0) is 17.8 Å². The van der Waals surface area contributed by atoms with Crippen molar-refractivity contribution >= 4 is 11.7 Å². The van der Waals surface area contributed by atoms with Crippen molar-refractivity contribution in [3.05, 3.63) is 53.0 Å². The lowest BCUT2D eigenvalue weighted by molar-refractivity contribution is -0.136. The van der Waals surface area contributed by atoms with Crippen LogP contribution in [-0.4, -0.2) is 40.4 Å². The Morgan fingerprint density at radius 2 is 1.92 bits per heavy atom. The van der Waals surface area contributed by atoms with E-state index < -0.39 is 0 Å². The van der Waals surface area contributed by atoms with Crippen LogP contribution in [0.5, 0.6) is 0 Å². The molecule has 5 nitrogen and oxygen atoms in total. The van der Waals surface area contributed by atoms with Gasteiger partial charge in [0.1, 0.15) is 11.6 Å². The summed E-state index contributed by atoms with van der Waals surface area (Å²) in [5.41, 5.74) is 3.66. The maximum atomic E-state index is 13.1. The third kappa shape index (κ3) is 3.43. The van der Waals surface area contributed by atoms with E-state index in [-0.39, 0.29) is 5.92 Å². The molecule has 2 aliphatic heterocycles. The Hall–Kier alpha value is -2.43. The van der Waals surface area contributed by atoms with Crippen LogP contribution in [0, 0.1) is 19.8 Å². The van der Waals surface area contributed by atoms with E-state index in [1.165, 1.54) is 11.1 Å². The van der Waals surface area contributed by atoms with E-state index in [1.807, 2.05) is 24.8 Å². The lowest BCUT2D eigenvalue weighted by atomic mass is 9.94. The van der Waals surface area contributed by atoms with Crippen LogP contribution in [0.4, 0.5) is 5.82 Å². The van der Waals surface area contributed by atoms with Crippen molar-refractivity contribution < 1.29 is 4.79 Å². The zero-order chi connectivity index (χ0) is 18.1. The first kappa shape index (κ1) is 17.0. The average Bonchev–Trinajstić information content (AvgIpc) is 2.66. The molecule has 4 rings (SSSR count). The maximum absolute atomic E-state index is 13.1. The van der Waals surface area contributed by atoms with Gasteiger partial charge in [0.25, 0.3) is 0 Å². The second-order valence-corrected chi connectivity index (χ2v) is 7.48. The maximum Gasteiger partial charge on any atom is 0.227 e. The number of amides is 1. The second kappa shape index (κ2) is 7.06. The van der Waals surface area contributed by atoms with Gasteiger partial charge in [0.05, 0.1) is 5.92 Å². The molecule has 1 amide bonds. The summed E-state index contributed by atoms with van der Waals surface area (Å²) < 4.78 is 0. The first-order valence-corrected chi connectivity index (χ1v) is 9.53. The summed E-state index contributed by atoms with van der Waals surface area (Å²) >= 11 is 0. The molecule has 3 heterocycles. The summed E-state index contributed by atoms with van der Waals surface area (Å²) in [5.74, 6) is 2.11. The molecule has 1 aromatic carbocycles. The highest BCUT2D eigenvalue weighted by Gasteiger charge is 2.31. The Balaban J connectivity index is 1.47. The van der Waals surface area contributed by atoms with E-state index in [0.29, 0.717) is 5.91 Å². The predicted molar refractivity (Wildman–Crippen MR) is 102 cm³/mol. The fourth-order valence-corrected chi connectivity index (χ4v) is 4.19. The van der Waals surface area contributed by atoms with Gasteiger partial charge in [-0.15, -0.1) is 0 Å². The van der Waals surface area contributed by atoms with Crippen LogP contribution >= 0.6 is 0 Å². The first-order valence-electron chi connectivity index (χ1n) is 9.53. The van der Waals surface area contributed by atoms with E-state index in [1.54, 1.807) is 0 Å². The Labute approximate surface area is 155 Å². The largest absolute Gasteiger partial charge is 0.356 e. The quantitative estimate of drug-likeness (QED) is 0.836. The van der Waals surface area contributed by atoms with Gasteiger partial charge in [-0.05, 0) is 44.2 Å². The third-order valence-corrected chi connectivity index (χ3v) is 5.49. The van der Waals surface area contributed by atoms with Gasteiger partial charge in [-0.2, -0.15) is 0 Å².